The molecule has 35 heteroatoms. The predicted molar refractivity (Wildman–Crippen MR) is 492 cm³/mol. The second kappa shape index (κ2) is 41.0. The number of allylic oxidation sites excluding steroid dienone is 4. The monoisotopic (exact) mass is 1900 g/mol. The van der Waals surface area contributed by atoms with Gasteiger partial charge < -0.3 is 15.0 Å². The number of nitrogens with zero attached hydrogens (tertiary/aromatic N) is 12. The molecule has 1 unspecified atom stereocenters. The topological polar surface area (TPSA) is 256 Å². The lowest BCUT2D eigenvalue weighted by atomic mass is 9.88. The number of imidazole rings is 1. The molecule has 13 rings (SSSR count). The number of hydrogen-bond donors (Lipinski definition) is 2. The molecule has 1 aliphatic carbocycles. The first-order valence-electron chi connectivity index (χ1n) is 34.8. The Kier molecular flexibility index (Phi) is 32.1. The first-order valence-corrected chi connectivity index (χ1v) is 42.3. The summed E-state index contributed by atoms with van der Waals surface area (Å²) in [6, 6.07) is 47.0. The maximum atomic E-state index is 13.4. The van der Waals surface area contributed by atoms with Crippen LogP contribution in [0, 0.1) is 70.7 Å². The van der Waals surface area contributed by atoms with Crippen LogP contribution in [0.2, 0.25) is 50.2 Å². The van der Waals surface area contributed by atoms with Crippen molar-refractivity contribution >= 4 is 272 Å². The van der Waals surface area contributed by atoms with Crippen molar-refractivity contribution in [1.29, 1.82) is 5.26 Å². The third-order valence-electron chi connectivity index (χ3n) is 17.3. The number of para-hydroxylation sites is 3. The van der Waals surface area contributed by atoms with E-state index in [4.69, 9.17) is 182 Å². The normalized spacial score (nSPS) is 14.8. The van der Waals surface area contributed by atoms with Gasteiger partial charge in [0.05, 0.1) is 85.8 Å². The van der Waals surface area contributed by atoms with Gasteiger partial charge in [0.1, 0.15) is 64.4 Å². The maximum Gasteiger partial charge on any atom is 0.530 e. The van der Waals surface area contributed by atoms with Crippen LogP contribution in [0.3, 0.4) is 0 Å². The van der Waals surface area contributed by atoms with Gasteiger partial charge in [-0.2, -0.15) is 24.6 Å². The zero-order chi connectivity index (χ0) is 89.0. The van der Waals surface area contributed by atoms with E-state index in [9.17, 15) is 32.1 Å². The number of phenolic OH excluding ortho intramolecular Hbond substituents is 1. The highest BCUT2D eigenvalue weighted by molar-refractivity contribution is 8.08. The van der Waals surface area contributed by atoms with Crippen molar-refractivity contribution < 1.29 is 32.1 Å². The number of amides is 1. The molecule has 0 radical (unpaired) electrons. The second-order valence-electron chi connectivity index (χ2n) is 26.4. The number of aryl methyl sites for hydroxylation is 2. The number of hydrogen-bond acceptors (Lipinski definition) is 14. The highest BCUT2D eigenvalue weighted by Crippen LogP contribution is 2.44. The van der Waals surface area contributed by atoms with Crippen LogP contribution in [0.1, 0.15) is 66.9 Å². The van der Waals surface area contributed by atoms with Crippen molar-refractivity contribution in [2.75, 3.05) is 5.32 Å². The van der Waals surface area contributed by atoms with Gasteiger partial charge in [0.15, 0.2) is 33.8 Å². The lowest BCUT2D eigenvalue weighted by Gasteiger charge is -2.14. The fraction of sp³-hybridized carbons (Fsp3) is 0.116. The van der Waals surface area contributed by atoms with Crippen LogP contribution in [0.5, 0.6) is 5.75 Å². The minimum absolute atomic E-state index is 0.00146. The van der Waals surface area contributed by atoms with E-state index in [0.717, 1.165) is 27.7 Å². The first-order chi connectivity index (χ1) is 57.2. The minimum atomic E-state index is -3.98. The first kappa shape index (κ1) is 94.5. The van der Waals surface area contributed by atoms with E-state index in [1.807, 2.05) is 54.8 Å². The molecule has 2 aliphatic heterocycles. The number of carbonyl (C=O) groups is 3. The van der Waals surface area contributed by atoms with E-state index >= 15 is 0 Å². The van der Waals surface area contributed by atoms with Crippen molar-refractivity contribution in [2.45, 2.75) is 71.7 Å². The Balaban J connectivity index is 0.000000174. The number of anilines is 1. The van der Waals surface area contributed by atoms with Crippen molar-refractivity contribution in [2.24, 2.45) is 30.4 Å². The van der Waals surface area contributed by atoms with E-state index in [-0.39, 0.29) is 97.2 Å². The summed E-state index contributed by atoms with van der Waals surface area (Å²) in [4.78, 5) is 76.4. The Hall–Kier alpha value is -10.3. The van der Waals surface area contributed by atoms with Crippen LogP contribution in [-0.2, 0) is 41.6 Å². The fourth-order valence-corrected chi connectivity index (χ4v) is 16.8. The Morgan fingerprint density at radius 1 is 0.570 bits per heavy atom. The van der Waals surface area contributed by atoms with Crippen LogP contribution in [0.25, 0.3) is 41.6 Å². The second-order valence-corrected chi connectivity index (χ2v) is 34.8. The van der Waals surface area contributed by atoms with Gasteiger partial charge in [-0.25, -0.2) is 42.6 Å². The van der Waals surface area contributed by atoms with E-state index in [0.29, 0.717) is 103 Å². The van der Waals surface area contributed by atoms with Crippen LogP contribution in [-0.4, -0.2) is 72.0 Å². The summed E-state index contributed by atoms with van der Waals surface area (Å²) in [6.07, 6.45) is 1.38. The van der Waals surface area contributed by atoms with Crippen molar-refractivity contribution in [3.8, 4) is 11.8 Å². The number of Topliss-reactive ketones (excluding diaryl/α,β-unsaturated/α-hetero) is 2. The number of rotatable bonds is 10. The molecule has 1 amide bonds. The maximum absolute atomic E-state index is 13.4. The average Bonchev–Trinajstić information content (AvgIpc) is 1.58. The number of aromatic nitrogens is 2. The van der Waals surface area contributed by atoms with E-state index in [1.54, 1.807) is 145 Å². The lowest BCUT2D eigenvalue weighted by Crippen LogP contribution is -2.27. The molecule has 610 valence electrons. The molecule has 20 nitrogen and oxygen atoms in total. The zero-order valence-corrected chi connectivity index (χ0v) is 75.3. The molecule has 3 aliphatic rings. The number of aromatic hydroxyl groups is 1. The highest BCUT2D eigenvalue weighted by Gasteiger charge is 2.43. The number of aliphatic imine (C=N–C) groups is 5. The molecule has 0 bridgehead atoms. The van der Waals surface area contributed by atoms with Crippen LogP contribution >= 0.6 is 151 Å². The molecule has 121 heavy (non-hydrogen) atoms. The molecule has 0 saturated carbocycles. The molecule has 3 heterocycles. The lowest BCUT2D eigenvalue weighted by molar-refractivity contribution is -0.119. The highest BCUT2D eigenvalue weighted by atomic mass is 35.5. The number of phenols is 1. The smallest absolute Gasteiger partial charge is 0.505 e. The van der Waals surface area contributed by atoms with Gasteiger partial charge in [-0.1, -0.05) is 238 Å². The van der Waals surface area contributed by atoms with Gasteiger partial charge in [0.2, 0.25) is 15.6 Å². The van der Waals surface area contributed by atoms with Gasteiger partial charge in [0.25, 0.3) is 5.91 Å². The Morgan fingerprint density at radius 3 is 1.59 bits per heavy atom. The van der Waals surface area contributed by atoms with Crippen LogP contribution in [0.4, 0.5) is 34.1 Å². The number of halogens is 13. The third kappa shape index (κ3) is 22.0. The third-order valence-corrected chi connectivity index (χ3v) is 25.2. The summed E-state index contributed by atoms with van der Waals surface area (Å²) in [5.74, 6) is -1.74. The summed E-state index contributed by atoms with van der Waals surface area (Å²) in [6.45, 7) is 43.9. The SMILES string of the molecule is CCn1c(C(=Nc2cc(Cl)c(O)c(Cl)c2)C(=O)Nc2ccccc2Cl)nc2ccccc21.Cc1c(Cl)cc(N=C(C#N)C(=O)C(C)(C)C)cc1Cl.Cc1ccc(N=C2C=C(Cl)C(=O)C(Cl)=C2Cl)cc1Cl.[C-]#[N+]C([N+]#[C-])=C1C(=Nc2cc(Cl)c(C)c(Cl)c2)S(=O)(=O)c2ccccc21.[C-]#[N+]C([N+]#[C-])=C1C(=Nc2cc(Cl)c(C)c(Cl)c2)S(=O)c2ccccc21. The fourth-order valence-electron chi connectivity index (χ4n) is 11.0. The average molecular weight is 1910 g/mol. The van der Waals surface area contributed by atoms with Crippen molar-refractivity contribution in [3.05, 3.63) is 332 Å². The van der Waals surface area contributed by atoms with Crippen molar-refractivity contribution in [3.63, 3.8) is 0 Å². The molecular formula is C86H56Cl13N13O7S2. The Labute approximate surface area is 763 Å². The molecule has 0 spiro atoms. The predicted octanol–water partition coefficient (Wildman–Crippen LogP) is 27.1. The number of nitrogens with one attached hydrogen (secondary N) is 1. The van der Waals surface area contributed by atoms with Gasteiger partial charge in [0, 0.05) is 52.7 Å². The summed E-state index contributed by atoms with van der Waals surface area (Å²) >= 11 is 78.4. The van der Waals surface area contributed by atoms with Crippen molar-refractivity contribution in [1.82, 2.24) is 9.55 Å². The molecule has 1 aromatic heterocycles. The summed E-state index contributed by atoms with van der Waals surface area (Å²) < 4.78 is 40.6. The molecule has 10 aromatic rings. The zero-order valence-electron chi connectivity index (χ0n) is 63.9. The Morgan fingerprint density at radius 2 is 1.05 bits per heavy atom. The molecule has 2 N–H and O–H groups in total. The minimum Gasteiger partial charge on any atom is -0.505 e. The molecule has 1 atom stereocenters. The van der Waals surface area contributed by atoms with E-state index < -0.39 is 37.7 Å². The molecule has 0 fully saturated rings. The summed E-state index contributed by atoms with van der Waals surface area (Å²) in [5, 5.41) is 24.9. The Bertz CT molecular complexity index is 6580. The van der Waals surface area contributed by atoms with Gasteiger partial charge in [-0.3, -0.25) is 14.4 Å². The molecule has 9 aromatic carbocycles. The van der Waals surface area contributed by atoms with Gasteiger partial charge in [-0.15, -0.1) is 0 Å². The number of nitriles is 1. The summed E-state index contributed by atoms with van der Waals surface area (Å²) in [5.41, 5.74) is 7.75. The number of benzene rings is 9. The largest absolute Gasteiger partial charge is 0.530 e. The summed E-state index contributed by atoms with van der Waals surface area (Å²) in [7, 11) is -5.56. The number of carbonyl (C=O) groups excluding carboxylic acids is 3. The van der Waals surface area contributed by atoms with Crippen LogP contribution in [0.15, 0.2) is 231 Å². The standard InChI is InChI=1S/C23H17Cl3N4O2.C18H9Cl2N3O2S.C18H9Cl2N3OS.C14H14Cl2N2O.C13H7Cl4NO/c1-2-30-19-10-6-5-9-18(19)28-22(30)20(23(32)29-17-8-4-3-7-14(17)24)27-13-11-15(25)21(31)16(26)12-13;1-10-13(19)8-11(9-14(10)20)23-18-16(17(21-2)22-3)12-6-4-5-7-15(12)26(18,24)25;1-10-13(19)8-11(9-14(10)20)23-18-16(17(21-2)22-3)12-6-4-5-7-15(12)25(18)24;1-8-10(15)5-9(6-11(8)16)18-12(7-17)13(19)14(2,3)4;1-6-2-3-7(4-8(6)14)18-10-5-9(15)13(19)12(17)11(10)16/h3-12,31H,2H2,1H3,(H,29,32);4-9H,1H3;4-9H,1H3;5-6H,1-4H3;2-5H,1H3. The number of fused-ring (bicyclic) bond motifs is 3. The molecule has 0 saturated heterocycles. The van der Waals surface area contributed by atoms with Crippen LogP contribution < -0.4 is 5.32 Å². The number of sulfone groups is 1. The van der Waals surface area contributed by atoms with E-state index in [1.165, 1.54) is 36.4 Å². The number of ketones is 2. The van der Waals surface area contributed by atoms with E-state index in [2.05, 4.69) is 54.6 Å². The molecular weight excluding hydrogens is 1850 g/mol. The van der Waals surface area contributed by atoms with Gasteiger partial charge >= 0.3 is 11.6 Å². The quantitative estimate of drug-likeness (QED) is 0.0749. The van der Waals surface area contributed by atoms with Gasteiger partial charge in [-0.05, 0) is 166 Å².